The van der Waals surface area contributed by atoms with E-state index in [2.05, 4.69) is 5.32 Å². The summed E-state index contributed by atoms with van der Waals surface area (Å²) in [6, 6.07) is 12.0. The normalized spacial score (nSPS) is 16.4. The van der Waals surface area contributed by atoms with Crippen LogP contribution in [0.4, 0.5) is 5.69 Å². The third-order valence-corrected chi connectivity index (χ3v) is 3.55. The molecule has 1 aliphatic heterocycles. The second kappa shape index (κ2) is 5.84. The molecule has 0 saturated heterocycles. The van der Waals surface area contributed by atoms with Crippen LogP contribution in [0.25, 0.3) is 0 Å². The lowest BCUT2D eigenvalue weighted by molar-refractivity contribution is -0.125. The Balaban J connectivity index is 1.74. The molecule has 6 heteroatoms. The van der Waals surface area contributed by atoms with Crippen molar-refractivity contribution in [2.45, 2.75) is 6.10 Å². The molecule has 0 aromatic heterocycles. The van der Waals surface area contributed by atoms with Gasteiger partial charge in [0.15, 0.2) is 11.5 Å². The number of nitrogens with one attached hydrogen (secondary N) is 1. The molecule has 1 N–H and O–H groups in total. The molecular formula is C15H11Cl2NO3. The molecule has 0 aliphatic carbocycles. The smallest absolute Gasteiger partial charge is 0.269 e. The van der Waals surface area contributed by atoms with E-state index in [1.54, 1.807) is 30.3 Å². The summed E-state index contributed by atoms with van der Waals surface area (Å²) < 4.78 is 11.1. The monoisotopic (exact) mass is 323 g/mol. The van der Waals surface area contributed by atoms with Crippen LogP contribution in [-0.2, 0) is 4.79 Å². The summed E-state index contributed by atoms with van der Waals surface area (Å²) >= 11 is 11.9. The van der Waals surface area contributed by atoms with Crippen molar-refractivity contribution in [3.63, 3.8) is 0 Å². The van der Waals surface area contributed by atoms with Gasteiger partial charge in [0.25, 0.3) is 5.91 Å². The molecule has 2 aromatic rings. The number of ether oxygens (including phenoxy) is 2. The van der Waals surface area contributed by atoms with E-state index >= 15 is 0 Å². The number of anilines is 1. The Hall–Kier alpha value is -1.91. The first-order valence-corrected chi connectivity index (χ1v) is 7.03. The fourth-order valence-electron chi connectivity index (χ4n) is 1.96. The quantitative estimate of drug-likeness (QED) is 0.915. The van der Waals surface area contributed by atoms with Crippen molar-refractivity contribution in [2.75, 3.05) is 11.9 Å². The first kappa shape index (κ1) is 14.0. The molecule has 0 saturated carbocycles. The van der Waals surface area contributed by atoms with E-state index in [4.69, 9.17) is 32.7 Å². The Morgan fingerprint density at radius 1 is 1.14 bits per heavy atom. The summed E-state index contributed by atoms with van der Waals surface area (Å²) in [6.45, 7) is 0.140. The van der Waals surface area contributed by atoms with Gasteiger partial charge in [0, 0.05) is 5.02 Å². The van der Waals surface area contributed by atoms with Gasteiger partial charge in [-0.1, -0.05) is 35.3 Å². The van der Waals surface area contributed by atoms with Gasteiger partial charge < -0.3 is 14.8 Å². The third kappa shape index (κ3) is 3.06. The molecule has 1 aliphatic rings. The molecule has 1 heterocycles. The van der Waals surface area contributed by atoms with Crippen molar-refractivity contribution < 1.29 is 14.3 Å². The van der Waals surface area contributed by atoms with E-state index in [0.717, 1.165) is 0 Å². The average molecular weight is 324 g/mol. The number of rotatable bonds is 2. The molecule has 0 spiro atoms. The van der Waals surface area contributed by atoms with Gasteiger partial charge in [-0.05, 0) is 30.3 Å². The van der Waals surface area contributed by atoms with Gasteiger partial charge in [0.05, 0.1) is 10.7 Å². The van der Waals surface area contributed by atoms with E-state index in [1.807, 2.05) is 12.1 Å². The lowest BCUT2D eigenvalue weighted by atomic mass is 10.2. The first-order valence-electron chi connectivity index (χ1n) is 6.28. The van der Waals surface area contributed by atoms with Crippen LogP contribution in [0, 0.1) is 0 Å². The van der Waals surface area contributed by atoms with Crippen LogP contribution in [0.1, 0.15) is 0 Å². The van der Waals surface area contributed by atoms with E-state index in [9.17, 15) is 4.79 Å². The molecule has 2 aromatic carbocycles. The van der Waals surface area contributed by atoms with Crippen LogP contribution >= 0.6 is 23.2 Å². The van der Waals surface area contributed by atoms with Crippen molar-refractivity contribution in [3.05, 3.63) is 52.5 Å². The maximum absolute atomic E-state index is 12.2. The number of carbonyl (C=O) groups is 1. The van der Waals surface area contributed by atoms with Crippen LogP contribution in [0.15, 0.2) is 42.5 Å². The highest BCUT2D eigenvalue weighted by Crippen LogP contribution is 2.31. The van der Waals surface area contributed by atoms with Crippen LogP contribution in [-0.4, -0.2) is 18.6 Å². The summed E-state index contributed by atoms with van der Waals surface area (Å²) in [6.07, 6.45) is -0.741. The molecule has 0 radical (unpaired) electrons. The van der Waals surface area contributed by atoms with Crippen LogP contribution < -0.4 is 14.8 Å². The van der Waals surface area contributed by atoms with Crippen molar-refractivity contribution in [2.24, 2.45) is 0 Å². The van der Waals surface area contributed by atoms with E-state index in [-0.39, 0.29) is 12.5 Å². The van der Waals surface area contributed by atoms with Crippen LogP contribution in [0.3, 0.4) is 0 Å². The number of benzene rings is 2. The molecule has 0 unspecified atom stereocenters. The zero-order valence-corrected chi connectivity index (χ0v) is 12.3. The van der Waals surface area contributed by atoms with Crippen molar-refractivity contribution in [3.8, 4) is 11.5 Å². The zero-order valence-electron chi connectivity index (χ0n) is 10.8. The summed E-state index contributed by atoms with van der Waals surface area (Å²) in [7, 11) is 0. The van der Waals surface area contributed by atoms with Gasteiger partial charge in [0.2, 0.25) is 6.10 Å². The Labute approximate surface area is 131 Å². The number of para-hydroxylation sites is 2. The van der Waals surface area contributed by atoms with Crippen molar-refractivity contribution in [1.29, 1.82) is 0 Å². The summed E-state index contributed by atoms with van der Waals surface area (Å²) in [5, 5.41) is 3.59. The number of hydrogen-bond donors (Lipinski definition) is 1. The summed E-state index contributed by atoms with van der Waals surface area (Å²) in [5.41, 5.74) is 0.441. The SMILES string of the molecule is O=C(Nc1cc(Cl)ccc1Cl)[C@H]1COc2ccccc2O1. The number of hydrogen-bond acceptors (Lipinski definition) is 3. The Morgan fingerprint density at radius 2 is 1.90 bits per heavy atom. The fourth-order valence-corrected chi connectivity index (χ4v) is 2.29. The minimum absolute atomic E-state index is 0.140. The maximum atomic E-state index is 12.2. The second-order valence-corrected chi connectivity index (χ2v) is 5.32. The maximum Gasteiger partial charge on any atom is 0.269 e. The van der Waals surface area contributed by atoms with E-state index < -0.39 is 6.10 Å². The van der Waals surface area contributed by atoms with E-state index in [1.165, 1.54) is 0 Å². The molecule has 21 heavy (non-hydrogen) atoms. The van der Waals surface area contributed by atoms with Crippen molar-refractivity contribution in [1.82, 2.24) is 0 Å². The van der Waals surface area contributed by atoms with E-state index in [0.29, 0.717) is 27.2 Å². The minimum Gasteiger partial charge on any atom is -0.485 e. The fraction of sp³-hybridized carbons (Fsp3) is 0.133. The van der Waals surface area contributed by atoms with Crippen LogP contribution in [0.5, 0.6) is 11.5 Å². The van der Waals surface area contributed by atoms with Gasteiger partial charge in [-0.25, -0.2) is 0 Å². The number of fused-ring (bicyclic) bond motifs is 1. The standard InChI is InChI=1S/C15H11Cl2NO3/c16-9-5-6-10(17)11(7-9)18-15(19)14-8-20-12-3-1-2-4-13(12)21-14/h1-7,14H,8H2,(H,18,19)/t14-/m1/s1. The molecular weight excluding hydrogens is 313 g/mol. The predicted molar refractivity (Wildman–Crippen MR) is 81.4 cm³/mol. The minimum atomic E-state index is -0.741. The largest absolute Gasteiger partial charge is 0.485 e. The Bertz CT molecular complexity index is 690. The zero-order chi connectivity index (χ0) is 14.8. The Kier molecular flexibility index (Phi) is 3.90. The highest BCUT2D eigenvalue weighted by atomic mass is 35.5. The summed E-state index contributed by atoms with van der Waals surface area (Å²) in [5.74, 6) is 0.831. The second-order valence-electron chi connectivity index (χ2n) is 4.48. The lowest BCUT2D eigenvalue weighted by Gasteiger charge is -2.25. The van der Waals surface area contributed by atoms with Gasteiger partial charge in [-0.2, -0.15) is 0 Å². The Morgan fingerprint density at radius 3 is 2.71 bits per heavy atom. The predicted octanol–water partition coefficient (Wildman–Crippen LogP) is 3.77. The lowest BCUT2D eigenvalue weighted by Crippen LogP contribution is -2.40. The summed E-state index contributed by atoms with van der Waals surface area (Å²) in [4.78, 5) is 12.2. The molecule has 1 amide bonds. The van der Waals surface area contributed by atoms with Crippen molar-refractivity contribution >= 4 is 34.8 Å². The molecule has 1 atom stereocenters. The number of carbonyl (C=O) groups excluding carboxylic acids is 1. The number of amides is 1. The first-order chi connectivity index (χ1) is 10.1. The van der Waals surface area contributed by atoms with Gasteiger partial charge in [-0.15, -0.1) is 0 Å². The van der Waals surface area contributed by atoms with Gasteiger partial charge in [-0.3, -0.25) is 4.79 Å². The number of halogens is 2. The van der Waals surface area contributed by atoms with Gasteiger partial charge in [0.1, 0.15) is 6.61 Å². The van der Waals surface area contributed by atoms with Crippen LogP contribution in [0.2, 0.25) is 10.0 Å². The molecule has 0 bridgehead atoms. The molecule has 4 nitrogen and oxygen atoms in total. The van der Waals surface area contributed by atoms with Gasteiger partial charge >= 0.3 is 0 Å². The third-order valence-electron chi connectivity index (χ3n) is 2.99. The molecule has 108 valence electrons. The topological polar surface area (TPSA) is 47.6 Å². The average Bonchev–Trinajstić information content (AvgIpc) is 2.50. The highest BCUT2D eigenvalue weighted by Gasteiger charge is 2.27. The molecule has 3 rings (SSSR count). The highest BCUT2D eigenvalue weighted by molar-refractivity contribution is 6.35. The molecule has 0 fully saturated rings.